The number of likely N-dealkylation sites (tertiary alicyclic amines) is 1. The SMILES string of the molecule is COc1c(F)cccc1C(=O)N1CCC[C@@H](C)[C@H]1CCC(=O)c1cccc2cccnc12. The predicted octanol–water partition coefficient (Wildman–Crippen LogP) is 5.29. The lowest BCUT2D eigenvalue weighted by Gasteiger charge is -2.40. The van der Waals surface area contributed by atoms with Gasteiger partial charge >= 0.3 is 0 Å². The molecule has 6 heteroatoms. The van der Waals surface area contributed by atoms with Crippen LogP contribution in [0, 0.1) is 11.7 Å². The maximum Gasteiger partial charge on any atom is 0.257 e. The molecule has 2 heterocycles. The summed E-state index contributed by atoms with van der Waals surface area (Å²) in [7, 11) is 1.36. The Balaban J connectivity index is 1.55. The number of ketones is 1. The van der Waals surface area contributed by atoms with E-state index in [0.717, 1.165) is 18.2 Å². The fraction of sp³-hybridized carbons (Fsp3) is 0.346. The summed E-state index contributed by atoms with van der Waals surface area (Å²) in [4.78, 5) is 32.6. The standard InChI is InChI=1S/C26H27FN2O3/c1-17-7-6-16-29(26(31)20-11-4-12-21(27)25(20)32-2)22(17)13-14-23(30)19-10-3-8-18-9-5-15-28-24(18)19/h3-5,8-12,15,17,22H,6-7,13-14,16H2,1-2H3/t17-,22-/m1/s1. The number of amides is 1. The zero-order valence-electron chi connectivity index (χ0n) is 18.4. The molecule has 0 saturated carbocycles. The number of methoxy groups -OCH3 is 1. The van der Waals surface area contributed by atoms with Crippen molar-refractivity contribution in [1.82, 2.24) is 9.88 Å². The lowest BCUT2D eigenvalue weighted by Crippen LogP contribution is -2.48. The van der Waals surface area contributed by atoms with Crippen LogP contribution < -0.4 is 4.74 Å². The van der Waals surface area contributed by atoms with Crippen molar-refractivity contribution in [3.63, 3.8) is 0 Å². The number of hydrogen-bond donors (Lipinski definition) is 0. The van der Waals surface area contributed by atoms with Gasteiger partial charge in [0.15, 0.2) is 17.3 Å². The van der Waals surface area contributed by atoms with Crippen LogP contribution in [-0.4, -0.2) is 41.3 Å². The van der Waals surface area contributed by atoms with Crippen LogP contribution in [0.25, 0.3) is 10.9 Å². The molecule has 1 aromatic heterocycles. The van der Waals surface area contributed by atoms with E-state index in [9.17, 15) is 14.0 Å². The van der Waals surface area contributed by atoms with Gasteiger partial charge in [-0.25, -0.2) is 4.39 Å². The number of piperidine rings is 1. The van der Waals surface area contributed by atoms with E-state index in [1.807, 2.05) is 30.3 Å². The Kier molecular flexibility index (Phi) is 6.49. The van der Waals surface area contributed by atoms with Crippen molar-refractivity contribution < 1.29 is 18.7 Å². The number of Topliss-reactive ketones (excluding diaryl/α,β-unsaturated/α-hetero) is 1. The molecule has 2 aromatic carbocycles. The van der Waals surface area contributed by atoms with Gasteiger partial charge in [-0.1, -0.05) is 31.2 Å². The molecular weight excluding hydrogens is 407 g/mol. The zero-order chi connectivity index (χ0) is 22.7. The van der Waals surface area contributed by atoms with Gasteiger partial charge < -0.3 is 9.64 Å². The molecule has 0 spiro atoms. The van der Waals surface area contributed by atoms with E-state index in [1.54, 1.807) is 17.2 Å². The molecule has 5 nitrogen and oxygen atoms in total. The van der Waals surface area contributed by atoms with Crippen LogP contribution in [0.5, 0.6) is 5.75 Å². The Morgan fingerprint density at radius 2 is 1.88 bits per heavy atom. The van der Waals surface area contributed by atoms with Crippen LogP contribution in [0.4, 0.5) is 4.39 Å². The number of aromatic nitrogens is 1. The number of para-hydroxylation sites is 2. The molecule has 0 radical (unpaired) electrons. The number of fused-ring (bicyclic) bond motifs is 1. The minimum absolute atomic E-state index is 0.0165. The molecule has 32 heavy (non-hydrogen) atoms. The number of carbonyl (C=O) groups is 2. The molecule has 1 fully saturated rings. The molecule has 0 aliphatic carbocycles. The summed E-state index contributed by atoms with van der Waals surface area (Å²) in [5.41, 5.74) is 1.53. The molecule has 1 aliphatic rings. The molecular formula is C26H27FN2O3. The van der Waals surface area contributed by atoms with Gasteiger partial charge in [-0.2, -0.15) is 0 Å². The summed E-state index contributed by atoms with van der Waals surface area (Å²) in [5.74, 6) is -0.586. The number of rotatable bonds is 6. The Hall–Kier alpha value is -3.28. The molecule has 1 saturated heterocycles. The highest BCUT2D eigenvalue weighted by molar-refractivity contribution is 6.06. The summed E-state index contributed by atoms with van der Waals surface area (Å²) in [6.07, 6.45) is 4.41. The average molecular weight is 435 g/mol. The van der Waals surface area contributed by atoms with E-state index < -0.39 is 5.82 Å². The molecule has 3 aromatic rings. The highest BCUT2D eigenvalue weighted by Crippen LogP contribution is 2.31. The van der Waals surface area contributed by atoms with Crippen LogP contribution in [0.3, 0.4) is 0 Å². The van der Waals surface area contributed by atoms with Crippen molar-refractivity contribution >= 4 is 22.6 Å². The number of carbonyl (C=O) groups excluding carboxylic acids is 2. The number of halogens is 1. The topological polar surface area (TPSA) is 59.5 Å². The van der Waals surface area contributed by atoms with E-state index in [4.69, 9.17) is 4.74 Å². The van der Waals surface area contributed by atoms with E-state index >= 15 is 0 Å². The monoisotopic (exact) mass is 434 g/mol. The Bertz CT molecular complexity index is 1140. The largest absolute Gasteiger partial charge is 0.493 e. The van der Waals surface area contributed by atoms with Crippen molar-refractivity contribution in [2.75, 3.05) is 13.7 Å². The fourth-order valence-corrected chi connectivity index (χ4v) is 4.72. The van der Waals surface area contributed by atoms with Crippen LogP contribution in [0.1, 0.15) is 53.3 Å². The molecule has 4 rings (SSSR count). The van der Waals surface area contributed by atoms with E-state index in [-0.39, 0.29) is 35.0 Å². The highest BCUT2D eigenvalue weighted by Gasteiger charge is 2.34. The highest BCUT2D eigenvalue weighted by atomic mass is 19.1. The summed E-state index contributed by atoms with van der Waals surface area (Å²) in [5, 5.41) is 0.930. The van der Waals surface area contributed by atoms with Gasteiger partial charge in [0, 0.05) is 36.2 Å². The number of nitrogens with zero attached hydrogens (tertiary/aromatic N) is 2. The quantitative estimate of drug-likeness (QED) is 0.495. The second kappa shape index (κ2) is 9.47. The number of pyridine rings is 1. The smallest absolute Gasteiger partial charge is 0.257 e. The summed E-state index contributed by atoms with van der Waals surface area (Å²) >= 11 is 0. The van der Waals surface area contributed by atoms with Crippen LogP contribution in [0.2, 0.25) is 0 Å². The summed E-state index contributed by atoms with van der Waals surface area (Å²) in [6, 6.07) is 13.7. The third-order valence-corrected chi connectivity index (χ3v) is 6.38. The first-order valence-electron chi connectivity index (χ1n) is 11.0. The predicted molar refractivity (Wildman–Crippen MR) is 121 cm³/mol. The third kappa shape index (κ3) is 4.22. The van der Waals surface area contributed by atoms with Crippen molar-refractivity contribution in [2.24, 2.45) is 5.92 Å². The van der Waals surface area contributed by atoms with Crippen LogP contribution in [0.15, 0.2) is 54.7 Å². The normalized spacial score (nSPS) is 18.5. The Labute approximate surface area is 187 Å². The summed E-state index contributed by atoms with van der Waals surface area (Å²) in [6.45, 7) is 2.69. The molecule has 1 amide bonds. The maximum absolute atomic E-state index is 14.2. The third-order valence-electron chi connectivity index (χ3n) is 6.38. The summed E-state index contributed by atoms with van der Waals surface area (Å²) < 4.78 is 19.3. The first-order chi connectivity index (χ1) is 15.5. The zero-order valence-corrected chi connectivity index (χ0v) is 18.4. The van der Waals surface area contributed by atoms with E-state index in [2.05, 4.69) is 11.9 Å². The lowest BCUT2D eigenvalue weighted by atomic mass is 9.86. The molecule has 2 atom stereocenters. The number of hydrogen-bond acceptors (Lipinski definition) is 4. The molecule has 0 bridgehead atoms. The van der Waals surface area contributed by atoms with Crippen LogP contribution in [-0.2, 0) is 0 Å². The molecule has 0 unspecified atom stereocenters. The first kappa shape index (κ1) is 21.9. The van der Waals surface area contributed by atoms with Crippen LogP contribution >= 0.6 is 0 Å². The second-order valence-corrected chi connectivity index (χ2v) is 8.35. The number of ether oxygens (including phenoxy) is 1. The first-order valence-corrected chi connectivity index (χ1v) is 11.0. The minimum Gasteiger partial charge on any atom is -0.493 e. The van der Waals surface area contributed by atoms with Gasteiger partial charge in [0.05, 0.1) is 18.2 Å². The van der Waals surface area contributed by atoms with Gasteiger partial charge in [-0.05, 0) is 49.4 Å². The van der Waals surface area contributed by atoms with Gasteiger partial charge in [-0.15, -0.1) is 0 Å². The molecule has 1 aliphatic heterocycles. The average Bonchev–Trinajstić information content (AvgIpc) is 2.82. The minimum atomic E-state index is -0.557. The van der Waals surface area contributed by atoms with Gasteiger partial charge in [0.1, 0.15) is 0 Å². The Morgan fingerprint density at radius 3 is 2.69 bits per heavy atom. The van der Waals surface area contributed by atoms with Crippen molar-refractivity contribution in [3.8, 4) is 5.75 Å². The van der Waals surface area contributed by atoms with E-state index in [1.165, 1.54) is 19.2 Å². The van der Waals surface area contributed by atoms with E-state index in [0.29, 0.717) is 30.5 Å². The fourth-order valence-electron chi connectivity index (χ4n) is 4.72. The van der Waals surface area contributed by atoms with Crippen molar-refractivity contribution in [2.45, 2.75) is 38.6 Å². The Morgan fingerprint density at radius 1 is 1.12 bits per heavy atom. The lowest BCUT2D eigenvalue weighted by molar-refractivity contribution is 0.0484. The van der Waals surface area contributed by atoms with Gasteiger partial charge in [0.2, 0.25) is 0 Å². The second-order valence-electron chi connectivity index (χ2n) is 8.35. The van der Waals surface area contributed by atoms with Crippen molar-refractivity contribution in [3.05, 3.63) is 71.7 Å². The number of benzene rings is 2. The van der Waals surface area contributed by atoms with Gasteiger partial charge in [0.25, 0.3) is 5.91 Å². The molecule has 166 valence electrons. The molecule has 0 N–H and O–H groups in total. The van der Waals surface area contributed by atoms with Gasteiger partial charge in [-0.3, -0.25) is 14.6 Å². The van der Waals surface area contributed by atoms with Crippen molar-refractivity contribution in [1.29, 1.82) is 0 Å². The maximum atomic E-state index is 14.2.